The van der Waals surface area contributed by atoms with Gasteiger partial charge in [-0.2, -0.15) is 0 Å². The summed E-state index contributed by atoms with van der Waals surface area (Å²) in [6.45, 7) is 1.07. The van der Waals surface area contributed by atoms with E-state index in [9.17, 15) is 9.59 Å². The van der Waals surface area contributed by atoms with Crippen molar-refractivity contribution in [1.82, 2.24) is 5.32 Å². The molecule has 0 aliphatic heterocycles. The Balaban J connectivity index is 1.82. The Kier molecular flexibility index (Phi) is 5.25. The summed E-state index contributed by atoms with van der Waals surface area (Å²) in [6, 6.07) is 0. The first-order valence-corrected chi connectivity index (χ1v) is 8.18. The lowest BCUT2D eigenvalue weighted by atomic mass is 9.66. The zero-order chi connectivity index (χ0) is 15.3. The Morgan fingerprint density at radius 2 is 1.57 bits per heavy atom. The molecular formula is C16H28N2O3. The molecule has 1 amide bonds. The third-order valence-electron chi connectivity index (χ3n) is 5.48. The van der Waals surface area contributed by atoms with Crippen molar-refractivity contribution in [3.63, 3.8) is 0 Å². The van der Waals surface area contributed by atoms with E-state index < -0.39 is 5.97 Å². The van der Waals surface area contributed by atoms with E-state index in [1.165, 1.54) is 6.42 Å². The molecule has 21 heavy (non-hydrogen) atoms. The minimum atomic E-state index is -0.769. The minimum Gasteiger partial charge on any atom is -0.481 e. The average Bonchev–Trinajstić information content (AvgIpc) is 2.42. The van der Waals surface area contributed by atoms with Gasteiger partial charge >= 0.3 is 5.97 Å². The van der Waals surface area contributed by atoms with Crippen LogP contribution in [0.2, 0.25) is 0 Å². The molecule has 0 bridgehead atoms. The Morgan fingerprint density at radius 1 is 0.952 bits per heavy atom. The number of hydrogen-bond acceptors (Lipinski definition) is 3. The Labute approximate surface area is 126 Å². The number of amides is 1. The number of aliphatic carboxylic acids is 1. The third-order valence-corrected chi connectivity index (χ3v) is 5.48. The van der Waals surface area contributed by atoms with Crippen LogP contribution in [0.15, 0.2) is 0 Å². The maximum Gasteiger partial charge on any atom is 0.303 e. The second-order valence-electron chi connectivity index (χ2n) is 7.14. The van der Waals surface area contributed by atoms with Crippen LogP contribution in [-0.2, 0) is 9.59 Å². The van der Waals surface area contributed by atoms with Gasteiger partial charge in [-0.1, -0.05) is 25.7 Å². The van der Waals surface area contributed by atoms with Crippen LogP contribution < -0.4 is 11.1 Å². The van der Waals surface area contributed by atoms with Crippen LogP contribution in [0.25, 0.3) is 0 Å². The van der Waals surface area contributed by atoms with Crippen molar-refractivity contribution in [2.45, 2.75) is 64.2 Å². The molecule has 2 aliphatic rings. The lowest BCUT2D eigenvalue weighted by molar-refractivity contribution is -0.142. The van der Waals surface area contributed by atoms with Crippen LogP contribution in [0.3, 0.4) is 0 Å². The van der Waals surface area contributed by atoms with Gasteiger partial charge in [0.15, 0.2) is 0 Å². The highest BCUT2D eigenvalue weighted by molar-refractivity contribution is 5.77. The van der Waals surface area contributed by atoms with Crippen molar-refractivity contribution < 1.29 is 14.7 Å². The van der Waals surface area contributed by atoms with Gasteiger partial charge in [-0.3, -0.25) is 9.59 Å². The Bertz CT molecular complexity index is 385. The van der Waals surface area contributed by atoms with E-state index in [0.29, 0.717) is 19.5 Å². The number of carboxylic acid groups (broad SMARTS) is 1. The zero-order valence-corrected chi connectivity index (χ0v) is 12.8. The van der Waals surface area contributed by atoms with Crippen molar-refractivity contribution in [1.29, 1.82) is 0 Å². The molecule has 0 aromatic heterocycles. The van der Waals surface area contributed by atoms with Gasteiger partial charge in [0.05, 0.1) is 6.42 Å². The number of carboxylic acids is 1. The van der Waals surface area contributed by atoms with Crippen LogP contribution in [0.5, 0.6) is 0 Å². The quantitative estimate of drug-likeness (QED) is 0.670. The number of carbonyl (C=O) groups is 2. The van der Waals surface area contributed by atoms with Gasteiger partial charge in [-0.15, -0.1) is 0 Å². The first kappa shape index (κ1) is 16.3. The summed E-state index contributed by atoms with van der Waals surface area (Å²) in [5.41, 5.74) is 5.68. The summed E-state index contributed by atoms with van der Waals surface area (Å²) in [7, 11) is 0. The molecule has 0 heterocycles. The SMILES string of the molecule is NCC1(CC(=O)NCC2(CC(=O)O)CCC2)CCCCC1. The molecular weight excluding hydrogens is 268 g/mol. The van der Waals surface area contributed by atoms with Crippen molar-refractivity contribution in [3.05, 3.63) is 0 Å². The van der Waals surface area contributed by atoms with Gasteiger partial charge < -0.3 is 16.2 Å². The van der Waals surface area contributed by atoms with E-state index in [1.54, 1.807) is 0 Å². The van der Waals surface area contributed by atoms with Crippen LogP contribution in [0.1, 0.15) is 64.2 Å². The highest BCUT2D eigenvalue weighted by Crippen LogP contribution is 2.43. The molecule has 2 fully saturated rings. The molecule has 0 aromatic carbocycles. The molecule has 2 saturated carbocycles. The zero-order valence-electron chi connectivity index (χ0n) is 12.8. The minimum absolute atomic E-state index is 0.0259. The summed E-state index contributed by atoms with van der Waals surface area (Å²) in [6.07, 6.45) is 9.17. The molecule has 120 valence electrons. The largest absolute Gasteiger partial charge is 0.481 e. The topological polar surface area (TPSA) is 92.4 Å². The molecule has 0 radical (unpaired) electrons. The van der Waals surface area contributed by atoms with Crippen LogP contribution >= 0.6 is 0 Å². The molecule has 5 heteroatoms. The van der Waals surface area contributed by atoms with E-state index in [2.05, 4.69) is 5.32 Å². The molecule has 5 nitrogen and oxygen atoms in total. The average molecular weight is 296 g/mol. The first-order valence-electron chi connectivity index (χ1n) is 8.18. The summed E-state index contributed by atoms with van der Waals surface area (Å²) in [5, 5.41) is 12.0. The first-order chi connectivity index (χ1) is 9.99. The van der Waals surface area contributed by atoms with E-state index in [0.717, 1.165) is 44.9 Å². The lowest BCUT2D eigenvalue weighted by Crippen LogP contribution is -2.45. The molecule has 2 rings (SSSR count). The van der Waals surface area contributed by atoms with Gasteiger partial charge in [0.1, 0.15) is 0 Å². The molecule has 0 saturated heterocycles. The fraction of sp³-hybridized carbons (Fsp3) is 0.875. The normalized spacial score (nSPS) is 23.1. The number of carbonyl (C=O) groups excluding carboxylic acids is 1. The van der Waals surface area contributed by atoms with E-state index in [4.69, 9.17) is 10.8 Å². The van der Waals surface area contributed by atoms with Gasteiger partial charge in [0, 0.05) is 13.0 Å². The smallest absolute Gasteiger partial charge is 0.303 e. The molecule has 2 aliphatic carbocycles. The van der Waals surface area contributed by atoms with Gasteiger partial charge in [0.2, 0.25) is 5.91 Å². The maximum atomic E-state index is 12.2. The van der Waals surface area contributed by atoms with Crippen LogP contribution in [0.4, 0.5) is 0 Å². The van der Waals surface area contributed by atoms with Crippen molar-refractivity contribution in [3.8, 4) is 0 Å². The van der Waals surface area contributed by atoms with Gasteiger partial charge in [-0.05, 0) is 43.1 Å². The second-order valence-corrected chi connectivity index (χ2v) is 7.14. The van der Waals surface area contributed by atoms with E-state index in [-0.39, 0.29) is 23.2 Å². The molecule has 0 aromatic rings. The molecule has 0 atom stereocenters. The molecule has 4 N–H and O–H groups in total. The maximum absolute atomic E-state index is 12.2. The van der Waals surface area contributed by atoms with Crippen molar-refractivity contribution >= 4 is 11.9 Å². The van der Waals surface area contributed by atoms with Crippen LogP contribution in [-0.4, -0.2) is 30.1 Å². The second kappa shape index (κ2) is 6.77. The predicted molar refractivity (Wildman–Crippen MR) is 80.7 cm³/mol. The van der Waals surface area contributed by atoms with Crippen molar-refractivity contribution in [2.24, 2.45) is 16.6 Å². The number of nitrogens with two attached hydrogens (primary N) is 1. The predicted octanol–water partition coefficient (Wildman–Crippen LogP) is 2.05. The van der Waals surface area contributed by atoms with E-state index in [1.807, 2.05) is 0 Å². The summed E-state index contributed by atoms with van der Waals surface area (Å²) < 4.78 is 0. The molecule has 0 unspecified atom stereocenters. The summed E-state index contributed by atoms with van der Waals surface area (Å²) in [4.78, 5) is 23.2. The molecule has 0 spiro atoms. The van der Waals surface area contributed by atoms with Gasteiger partial charge in [0.25, 0.3) is 0 Å². The Morgan fingerprint density at radius 3 is 2.05 bits per heavy atom. The Hall–Kier alpha value is -1.10. The van der Waals surface area contributed by atoms with Crippen LogP contribution in [0, 0.1) is 10.8 Å². The standard InChI is InChI=1S/C16H28N2O3/c17-11-15(5-2-1-3-6-15)9-13(19)18-12-16(7-4-8-16)10-14(20)21/h1-12,17H2,(H,18,19)(H,20,21). The monoisotopic (exact) mass is 296 g/mol. The number of nitrogens with one attached hydrogen (secondary N) is 1. The summed E-state index contributed by atoms with van der Waals surface area (Å²) >= 11 is 0. The van der Waals surface area contributed by atoms with Crippen molar-refractivity contribution in [2.75, 3.05) is 13.1 Å². The highest BCUT2D eigenvalue weighted by atomic mass is 16.4. The highest BCUT2D eigenvalue weighted by Gasteiger charge is 2.40. The third kappa shape index (κ3) is 4.19. The summed E-state index contributed by atoms with van der Waals surface area (Å²) in [5.74, 6) is -0.728. The number of rotatable bonds is 7. The fourth-order valence-electron chi connectivity index (χ4n) is 3.86. The number of hydrogen-bond donors (Lipinski definition) is 3. The van der Waals surface area contributed by atoms with Gasteiger partial charge in [-0.25, -0.2) is 0 Å². The fourth-order valence-corrected chi connectivity index (χ4v) is 3.86. The van der Waals surface area contributed by atoms with E-state index >= 15 is 0 Å². The lowest BCUT2D eigenvalue weighted by Gasteiger charge is -2.41.